The number of hydrogen-bond acceptors (Lipinski definition) is 3. The Balaban J connectivity index is 3.38. The third-order valence-electron chi connectivity index (χ3n) is 2.39. The molecule has 0 fully saturated rings. The average molecular weight is 204 g/mol. The molecule has 0 rings (SSSR count). The van der Waals surface area contributed by atoms with Crippen molar-refractivity contribution >= 4 is 11.8 Å². The molecular weight excluding hydrogens is 180 g/mol. The summed E-state index contributed by atoms with van der Waals surface area (Å²) in [4.78, 5) is 2.44. The Morgan fingerprint density at radius 1 is 1.46 bits per heavy atom. The number of thioether (sulfide) groups is 1. The van der Waals surface area contributed by atoms with Gasteiger partial charge < -0.3 is 10.2 Å². The zero-order chi connectivity index (χ0) is 10.1. The zero-order valence-corrected chi connectivity index (χ0v) is 10.3. The fourth-order valence-electron chi connectivity index (χ4n) is 1.16. The highest BCUT2D eigenvalue weighted by Gasteiger charge is 2.06. The van der Waals surface area contributed by atoms with E-state index in [1.165, 1.54) is 18.7 Å². The SMILES string of the molecule is CCNCCC(C)N(C)CCSC. The minimum absolute atomic E-state index is 0.700. The Morgan fingerprint density at radius 3 is 2.69 bits per heavy atom. The summed E-state index contributed by atoms with van der Waals surface area (Å²) < 4.78 is 0. The molecule has 13 heavy (non-hydrogen) atoms. The van der Waals surface area contributed by atoms with Crippen LogP contribution in [0.15, 0.2) is 0 Å². The Kier molecular flexibility index (Phi) is 9.03. The lowest BCUT2D eigenvalue weighted by atomic mass is 10.2. The third-order valence-corrected chi connectivity index (χ3v) is 2.98. The maximum absolute atomic E-state index is 3.36. The van der Waals surface area contributed by atoms with Crippen LogP contribution >= 0.6 is 11.8 Å². The first kappa shape index (κ1) is 13.3. The van der Waals surface area contributed by atoms with E-state index in [-0.39, 0.29) is 0 Å². The highest BCUT2D eigenvalue weighted by Crippen LogP contribution is 2.01. The van der Waals surface area contributed by atoms with Crippen molar-refractivity contribution in [3.05, 3.63) is 0 Å². The van der Waals surface area contributed by atoms with Crippen molar-refractivity contribution < 1.29 is 0 Å². The van der Waals surface area contributed by atoms with Crippen molar-refractivity contribution in [3.63, 3.8) is 0 Å². The summed E-state index contributed by atoms with van der Waals surface area (Å²) in [5, 5.41) is 3.36. The molecule has 0 bridgehead atoms. The van der Waals surface area contributed by atoms with Crippen LogP contribution in [0.25, 0.3) is 0 Å². The molecule has 0 saturated carbocycles. The first-order valence-corrected chi connectivity index (χ1v) is 6.51. The van der Waals surface area contributed by atoms with E-state index in [2.05, 4.69) is 37.4 Å². The molecule has 0 amide bonds. The van der Waals surface area contributed by atoms with Crippen LogP contribution in [0.2, 0.25) is 0 Å². The van der Waals surface area contributed by atoms with Gasteiger partial charge in [0.05, 0.1) is 0 Å². The molecule has 0 aliphatic rings. The number of rotatable bonds is 8. The van der Waals surface area contributed by atoms with E-state index < -0.39 is 0 Å². The molecule has 0 spiro atoms. The maximum Gasteiger partial charge on any atom is 0.00763 e. The topological polar surface area (TPSA) is 15.3 Å². The minimum atomic E-state index is 0.700. The highest BCUT2D eigenvalue weighted by molar-refractivity contribution is 7.98. The monoisotopic (exact) mass is 204 g/mol. The first-order chi connectivity index (χ1) is 6.22. The summed E-state index contributed by atoms with van der Waals surface area (Å²) in [6, 6.07) is 0.700. The summed E-state index contributed by atoms with van der Waals surface area (Å²) in [6.07, 6.45) is 3.41. The van der Waals surface area contributed by atoms with Crippen molar-refractivity contribution in [2.45, 2.75) is 26.3 Å². The molecule has 2 nitrogen and oxygen atoms in total. The molecule has 80 valence electrons. The van der Waals surface area contributed by atoms with Crippen LogP contribution in [-0.4, -0.2) is 49.6 Å². The van der Waals surface area contributed by atoms with E-state index in [0.29, 0.717) is 6.04 Å². The molecular formula is C10H24N2S. The van der Waals surface area contributed by atoms with Gasteiger partial charge in [-0.25, -0.2) is 0 Å². The van der Waals surface area contributed by atoms with Gasteiger partial charge in [0.15, 0.2) is 0 Å². The van der Waals surface area contributed by atoms with Gasteiger partial charge >= 0.3 is 0 Å². The molecule has 1 atom stereocenters. The van der Waals surface area contributed by atoms with Crippen LogP contribution in [0, 0.1) is 0 Å². The Bertz CT molecular complexity index is 109. The van der Waals surface area contributed by atoms with Crippen LogP contribution in [0.4, 0.5) is 0 Å². The lowest BCUT2D eigenvalue weighted by Gasteiger charge is -2.24. The minimum Gasteiger partial charge on any atom is -0.317 e. The predicted octanol–water partition coefficient (Wildman–Crippen LogP) is 1.67. The van der Waals surface area contributed by atoms with Gasteiger partial charge in [-0.1, -0.05) is 6.92 Å². The quantitative estimate of drug-likeness (QED) is 0.606. The number of hydrogen-bond donors (Lipinski definition) is 1. The molecule has 3 heteroatoms. The summed E-state index contributed by atoms with van der Waals surface area (Å²) in [7, 11) is 2.22. The predicted molar refractivity (Wildman–Crippen MR) is 63.6 cm³/mol. The normalized spacial score (nSPS) is 13.6. The summed E-state index contributed by atoms with van der Waals surface area (Å²) in [5.41, 5.74) is 0. The smallest absolute Gasteiger partial charge is 0.00763 e. The standard InChI is InChI=1S/C10H24N2S/c1-5-11-7-6-10(2)12(3)8-9-13-4/h10-11H,5-9H2,1-4H3. The van der Waals surface area contributed by atoms with Crippen LogP contribution in [0.1, 0.15) is 20.3 Å². The van der Waals surface area contributed by atoms with E-state index in [0.717, 1.165) is 13.1 Å². The zero-order valence-electron chi connectivity index (χ0n) is 9.47. The summed E-state index contributed by atoms with van der Waals surface area (Å²) in [6.45, 7) is 7.89. The Labute approximate surface area is 87.5 Å². The molecule has 0 radical (unpaired) electrons. The van der Waals surface area contributed by atoms with E-state index in [1.54, 1.807) is 0 Å². The van der Waals surface area contributed by atoms with E-state index in [4.69, 9.17) is 0 Å². The first-order valence-electron chi connectivity index (χ1n) is 5.12. The molecule has 0 aliphatic carbocycles. The maximum atomic E-state index is 3.36. The second kappa shape index (κ2) is 8.85. The van der Waals surface area contributed by atoms with Gasteiger partial charge in [0, 0.05) is 18.3 Å². The van der Waals surface area contributed by atoms with Crippen molar-refractivity contribution in [1.29, 1.82) is 0 Å². The molecule has 0 aromatic carbocycles. The molecule has 0 aromatic rings. The van der Waals surface area contributed by atoms with Crippen LogP contribution in [0.3, 0.4) is 0 Å². The third kappa shape index (κ3) is 7.35. The largest absolute Gasteiger partial charge is 0.317 e. The molecule has 1 unspecified atom stereocenters. The highest BCUT2D eigenvalue weighted by atomic mass is 32.2. The van der Waals surface area contributed by atoms with Crippen molar-refractivity contribution in [2.24, 2.45) is 0 Å². The lowest BCUT2D eigenvalue weighted by molar-refractivity contribution is 0.259. The van der Waals surface area contributed by atoms with E-state index in [9.17, 15) is 0 Å². The van der Waals surface area contributed by atoms with Crippen molar-refractivity contribution in [2.75, 3.05) is 38.7 Å². The molecule has 0 saturated heterocycles. The average Bonchev–Trinajstić information content (AvgIpc) is 2.14. The van der Waals surface area contributed by atoms with Crippen LogP contribution < -0.4 is 5.32 Å². The molecule has 0 heterocycles. The number of nitrogens with zero attached hydrogens (tertiary/aromatic N) is 1. The summed E-state index contributed by atoms with van der Waals surface area (Å²) in [5.74, 6) is 1.24. The van der Waals surface area contributed by atoms with Gasteiger partial charge in [-0.3, -0.25) is 0 Å². The second-order valence-corrected chi connectivity index (χ2v) is 4.45. The van der Waals surface area contributed by atoms with Gasteiger partial charge in [0.1, 0.15) is 0 Å². The van der Waals surface area contributed by atoms with Crippen LogP contribution in [-0.2, 0) is 0 Å². The molecule has 0 aliphatic heterocycles. The van der Waals surface area contributed by atoms with Gasteiger partial charge in [0.2, 0.25) is 0 Å². The number of nitrogens with one attached hydrogen (secondary N) is 1. The van der Waals surface area contributed by atoms with E-state index >= 15 is 0 Å². The van der Waals surface area contributed by atoms with Gasteiger partial charge in [-0.2, -0.15) is 11.8 Å². The fourth-order valence-corrected chi connectivity index (χ4v) is 1.63. The fraction of sp³-hybridized carbons (Fsp3) is 1.00. The second-order valence-electron chi connectivity index (χ2n) is 3.46. The van der Waals surface area contributed by atoms with Gasteiger partial charge in [-0.15, -0.1) is 0 Å². The lowest BCUT2D eigenvalue weighted by Crippen LogP contribution is -2.33. The summed E-state index contributed by atoms with van der Waals surface area (Å²) >= 11 is 1.92. The van der Waals surface area contributed by atoms with Crippen LogP contribution in [0.5, 0.6) is 0 Å². The van der Waals surface area contributed by atoms with Gasteiger partial charge in [0.25, 0.3) is 0 Å². The van der Waals surface area contributed by atoms with Crippen molar-refractivity contribution in [3.8, 4) is 0 Å². The molecule has 0 aromatic heterocycles. The van der Waals surface area contributed by atoms with Gasteiger partial charge in [-0.05, 0) is 39.7 Å². The molecule has 1 N–H and O–H groups in total. The van der Waals surface area contributed by atoms with Crippen molar-refractivity contribution in [1.82, 2.24) is 10.2 Å². The Morgan fingerprint density at radius 2 is 2.15 bits per heavy atom. The van der Waals surface area contributed by atoms with E-state index in [1.807, 2.05) is 11.8 Å². The Hall–Kier alpha value is 0.270.